The molecule has 0 aliphatic heterocycles. The molecular weight excluding hydrogens is 274 g/mol. The van der Waals surface area contributed by atoms with Gasteiger partial charge in [0.05, 0.1) is 6.20 Å². The van der Waals surface area contributed by atoms with Gasteiger partial charge in [-0.05, 0) is 0 Å². The van der Waals surface area contributed by atoms with Crippen molar-refractivity contribution in [2.45, 2.75) is 6.54 Å². The van der Waals surface area contributed by atoms with E-state index in [0.29, 0.717) is 6.54 Å². The van der Waals surface area contributed by atoms with Crippen LogP contribution in [0.5, 0.6) is 0 Å². The van der Waals surface area contributed by atoms with Crippen molar-refractivity contribution in [2.75, 3.05) is 0 Å². The SMILES string of the molecule is [CH2-]Cn1ccnn1.[W]. The van der Waals surface area contributed by atoms with E-state index in [2.05, 4.69) is 17.2 Å². The number of aromatic nitrogens is 3. The molecule has 0 radical (unpaired) electrons. The van der Waals surface area contributed by atoms with Crippen LogP contribution in [0.3, 0.4) is 0 Å². The molecule has 4 heteroatoms. The fourth-order valence-electron chi connectivity index (χ4n) is 0.352. The summed E-state index contributed by atoms with van der Waals surface area (Å²) in [5, 5.41) is 7.20. The molecule has 0 saturated heterocycles. The third kappa shape index (κ3) is 1.74. The predicted octanol–water partition coefficient (Wildman–Crippen LogP) is 0.110. The molecule has 0 N–H and O–H groups in total. The van der Waals surface area contributed by atoms with Gasteiger partial charge >= 0.3 is 0 Å². The monoisotopic (exact) mass is 280 g/mol. The Balaban J connectivity index is 0.000000490. The Hall–Kier alpha value is -0.172. The molecule has 44 valence electrons. The van der Waals surface area contributed by atoms with Crippen molar-refractivity contribution >= 4 is 0 Å². The van der Waals surface area contributed by atoms with E-state index in [0.717, 1.165) is 0 Å². The Morgan fingerprint density at radius 3 is 2.62 bits per heavy atom. The first kappa shape index (κ1) is 7.83. The number of hydrogen-bond donors (Lipinski definition) is 0. The zero-order chi connectivity index (χ0) is 5.11. The van der Waals surface area contributed by atoms with Gasteiger partial charge < -0.3 is 6.92 Å². The summed E-state index contributed by atoms with van der Waals surface area (Å²) in [5.41, 5.74) is 0. The van der Waals surface area contributed by atoms with E-state index in [4.69, 9.17) is 0 Å². The maximum atomic E-state index is 3.64. The minimum atomic E-state index is 0. The van der Waals surface area contributed by atoms with Crippen molar-refractivity contribution < 1.29 is 21.1 Å². The van der Waals surface area contributed by atoms with Crippen LogP contribution in [0.1, 0.15) is 0 Å². The molecule has 1 rings (SSSR count). The van der Waals surface area contributed by atoms with Crippen LogP contribution in [0.4, 0.5) is 0 Å². The van der Waals surface area contributed by atoms with Gasteiger partial charge in [-0.25, -0.2) is 0 Å². The summed E-state index contributed by atoms with van der Waals surface area (Å²) in [7, 11) is 0. The minimum Gasteiger partial charge on any atom is -0.322 e. The first-order chi connectivity index (χ1) is 3.43. The molecule has 0 aromatic carbocycles. The van der Waals surface area contributed by atoms with Gasteiger partial charge in [0.1, 0.15) is 0 Å². The van der Waals surface area contributed by atoms with E-state index >= 15 is 0 Å². The predicted molar refractivity (Wildman–Crippen MR) is 25.4 cm³/mol. The van der Waals surface area contributed by atoms with Gasteiger partial charge in [-0.1, -0.05) is 11.8 Å². The largest absolute Gasteiger partial charge is 0.322 e. The molecule has 8 heavy (non-hydrogen) atoms. The molecule has 0 spiro atoms. The first-order valence-electron chi connectivity index (χ1n) is 2.07. The maximum absolute atomic E-state index is 3.64. The van der Waals surface area contributed by atoms with E-state index in [1.807, 2.05) is 0 Å². The second-order valence-electron chi connectivity index (χ2n) is 1.17. The third-order valence-corrected chi connectivity index (χ3v) is 0.701. The van der Waals surface area contributed by atoms with Crippen LogP contribution < -0.4 is 0 Å². The van der Waals surface area contributed by atoms with Crippen LogP contribution in [0.2, 0.25) is 0 Å². The van der Waals surface area contributed by atoms with Crippen LogP contribution in [0, 0.1) is 6.92 Å². The zero-order valence-electron chi connectivity index (χ0n) is 4.32. The number of nitrogens with zero attached hydrogens (tertiary/aromatic N) is 3. The molecule has 0 fully saturated rings. The molecule has 0 atom stereocenters. The molecule has 0 aliphatic rings. The van der Waals surface area contributed by atoms with E-state index in [1.165, 1.54) is 0 Å². The second-order valence-corrected chi connectivity index (χ2v) is 1.17. The second kappa shape index (κ2) is 3.78. The third-order valence-electron chi connectivity index (χ3n) is 0.701. The Kier molecular flexibility index (Phi) is 3.70. The van der Waals surface area contributed by atoms with Crippen molar-refractivity contribution in [3.8, 4) is 0 Å². The van der Waals surface area contributed by atoms with E-state index in [9.17, 15) is 0 Å². The van der Waals surface area contributed by atoms with E-state index in [-0.39, 0.29) is 21.1 Å². The van der Waals surface area contributed by atoms with Crippen LogP contribution in [0.25, 0.3) is 0 Å². The normalized spacial score (nSPS) is 8.12. The Morgan fingerprint density at radius 2 is 2.38 bits per heavy atom. The van der Waals surface area contributed by atoms with Crippen molar-refractivity contribution in [3.63, 3.8) is 0 Å². The minimum absolute atomic E-state index is 0. The maximum Gasteiger partial charge on any atom is 0.0691 e. The van der Waals surface area contributed by atoms with Gasteiger partial charge in [0, 0.05) is 27.3 Å². The van der Waals surface area contributed by atoms with Crippen LogP contribution >= 0.6 is 0 Å². The standard InChI is InChI=1S/C4H6N3.W/c1-2-7-4-3-5-6-7;/h3-4H,1-2H2;/q-1;. The van der Waals surface area contributed by atoms with Crippen molar-refractivity contribution in [1.82, 2.24) is 15.0 Å². The summed E-state index contributed by atoms with van der Waals surface area (Å²) < 4.78 is 1.65. The summed E-state index contributed by atoms with van der Waals surface area (Å²) in [4.78, 5) is 0. The molecule has 1 aromatic heterocycles. The molecule has 0 aliphatic carbocycles. The summed E-state index contributed by atoms with van der Waals surface area (Å²) >= 11 is 0. The summed E-state index contributed by atoms with van der Waals surface area (Å²) in [6, 6.07) is 0. The molecule has 0 unspecified atom stereocenters. The summed E-state index contributed by atoms with van der Waals surface area (Å²) in [6.45, 7) is 4.24. The van der Waals surface area contributed by atoms with Crippen LogP contribution in [0.15, 0.2) is 12.4 Å². The average Bonchev–Trinajstić information content (AvgIpc) is 2.14. The van der Waals surface area contributed by atoms with Gasteiger partial charge in [-0.15, -0.1) is 5.10 Å². The summed E-state index contributed by atoms with van der Waals surface area (Å²) in [6.07, 6.45) is 3.40. The molecule has 0 bridgehead atoms. The van der Waals surface area contributed by atoms with Gasteiger partial charge in [-0.3, -0.25) is 4.68 Å². The number of hydrogen-bond acceptors (Lipinski definition) is 2. The summed E-state index contributed by atoms with van der Waals surface area (Å²) in [5.74, 6) is 0. The Labute approximate surface area is 62.3 Å². The van der Waals surface area contributed by atoms with Gasteiger partial charge in [0.15, 0.2) is 0 Å². The molecule has 0 amide bonds. The molecule has 1 heterocycles. The Bertz CT molecular complexity index is 126. The smallest absolute Gasteiger partial charge is 0.0691 e. The van der Waals surface area contributed by atoms with Gasteiger partial charge in [0.25, 0.3) is 0 Å². The van der Waals surface area contributed by atoms with Crippen molar-refractivity contribution in [2.24, 2.45) is 0 Å². The van der Waals surface area contributed by atoms with E-state index < -0.39 is 0 Å². The fraction of sp³-hybridized carbons (Fsp3) is 0.250. The van der Waals surface area contributed by atoms with Crippen LogP contribution in [-0.4, -0.2) is 15.0 Å². The Morgan fingerprint density at radius 1 is 1.62 bits per heavy atom. The molecular formula is C4H6N3W-. The zero-order valence-corrected chi connectivity index (χ0v) is 7.25. The molecule has 0 saturated carbocycles. The van der Waals surface area contributed by atoms with Crippen molar-refractivity contribution in [1.29, 1.82) is 0 Å². The molecule has 3 nitrogen and oxygen atoms in total. The number of rotatable bonds is 1. The fourth-order valence-corrected chi connectivity index (χ4v) is 0.352. The van der Waals surface area contributed by atoms with Crippen LogP contribution in [-0.2, 0) is 27.6 Å². The molecule has 1 aromatic rings. The van der Waals surface area contributed by atoms with Gasteiger partial charge in [0.2, 0.25) is 0 Å². The first-order valence-corrected chi connectivity index (χ1v) is 2.07. The van der Waals surface area contributed by atoms with Gasteiger partial charge in [-0.2, -0.15) is 0 Å². The van der Waals surface area contributed by atoms with Crippen molar-refractivity contribution in [3.05, 3.63) is 19.3 Å². The average molecular weight is 280 g/mol. The van der Waals surface area contributed by atoms with E-state index in [1.54, 1.807) is 17.1 Å². The quantitative estimate of drug-likeness (QED) is 0.684. The topological polar surface area (TPSA) is 30.7 Å².